The quantitative estimate of drug-likeness (QED) is 0.884. The van der Waals surface area contributed by atoms with Crippen molar-refractivity contribution in [3.05, 3.63) is 52.3 Å². The molecule has 2 aromatic heterocycles. The number of carbonyl (C=O) groups is 1. The first-order valence-corrected chi connectivity index (χ1v) is 7.37. The minimum Gasteiger partial charge on any atom is -0.309 e. The molecule has 0 saturated heterocycles. The number of rotatable bonds is 6. The van der Waals surface area contributed by atoms with Crippen LogP contribution in [0.2, 0.25) is 0 Å². The Morgan fingerprint density at radius 3 is 2.86 bits per heavy atom. The van der Waals surface area contributed by atoms with E-state index in [1.807, 2.05) is 19.1 Å². The van der Waals surface area contributed by atoms with Gasteiger partial charge in [0.2, 0.25) is 5.91 Å². The molecule has 0 saturated carbocycles. The van der Waals surface area contributed by atoms with E-state index in [0.29, 0.717) is 5.82 Å². The molecule has 0 aliphatic heterocycles. The second kappa shape index (κ2) is 7.49. The average Bonchev–Trinajstić information content (AvgIpc) is 2.47. The predicted molar refractivity (Wildman–Crippen MR) is 84.7 cm³/mol. The highest BCUT2D eigenvalue weighted by Crippen LogP contribution is 2.04. The summed E-state index contributed by atoms with van der Waals surface area (Å²) in [6.07, 6.45) is 4.26. The molecule has 6 nitrogen and oxygen atoms in total. The molecule has 0 aliphatic carbocycles. The molecule has 0 radical (unpaired) electrons. The van der Waals surface area contributed by atoms with Gasteiger partial charge in [0, 0.05) is 17.5 Å². The van der Waals surface area contributed by atoms with Crippen molar-refractivity contribution in [1.29, 1.82) is 0 Å². The molecule has 2 aromatic rings. The van der Waals surface area contributed by atoms with Crippen molar-refractivity contribution in [2.45, 2.75) is 39.7 Å². The van der Waals surface area contributed by atoms with Crippen LogP contribution in [0.5, 0.6) is 0 Å². The van der Waals surface area contributed by atoms with Crippen molar-refractivity contribution >= 4 is 11.7 Å². The van der Waals surface area contributed by atoms with E-state index in [4.69, 9.17) is 0 Å². The molecular weight excluding hydrogens is 280 g/mol. The van der Waals surface area contributed by atoms with Crippen molar-refractivity contribution in [2.75, 3.05) is 5.32 Å². The summed E-state index contributed by atoms with van der Waals surface area (Å²) < 4.78 is 1.29. The number of aromatic nitrogens is 3. The Kier molecular flexibility index (Phi) is 5.41. The van der Waals surface area contributed by atoms with Crippen LogP contribution in [-0.4, -0.2) is 20.4 Å². The van der Waals surface area contributed by atoms with Gasteiger partial charge >= 0.3 is 0 Å². The molecule has 0 aliphatic rings. The van der Waals surface area contributed by atoms with E-state index >= 15 is 0 Å². The number of aryl methyl sites for hydroxylation is 2. The van der Waals surface area contributed by atoms with Crippen molar-refractivity contribution in [3.63, 3.8) is 0 Å². The van der Waals surface area contributed by atoms with Crippen LogP contribution in [0.1, 0.15) is 31.2 Å². The van der Waals surface area contributed by atoms with Crippen LogP contribution < -0.4 is 10.9 Å². The topological polar surface area (TPSA) is 76.9 Å². The van der Waals surface area contributed by atoms with Crippen LogP contribution in [-0.2, 0) is 17.8 Å². The summed E-state index contributed by atoms with van der Waals surface area (Å²) in [5.41, 5.74) is 1.37. The van der Waals surface area contributed by atoms with E-state index in [1.165, 1.54) is 17.0 Å². The van der Waals surface area contributed by atoms with Crippen LogP contribution in [0.4, 0.5) is 5.82 Å². The number of hydrogen-bond acceptors (Lipinski definition) is 4. The Morgan fingerprint density at radius 2 is 2.18 bits per heavy atom. The van der Waals surface area contributed by atoms with Crippen molar-refractivity contribution in [2.24, 2.45) is 0 Å². The third-order valence-electron chi connectivity index (χ3n) is 3.19. The first-order chi connectivity index (χ1) is 10.6. The fourth-order valence-corrected chi connectivity index (χ4v) is 2.03. The van der Waals surface area contributed by atoms with Gasteiger partial charge in [-0.05, 0) is 31.9 Å². The first kappa shape index (κ1) is 15.9. The number of hydrogen-bond donors (Lipinski definition) is 1. The van der Waals surface area contributed by atoms with Gasteiger partial charge in [-0.15, -0.1) is 0 Å². The molecular formula is C16H20N4O2. The maximum Gasteiger partial charge on any atom is 0.253 e. The van der Waals surface area contributed by atoms with Crippen LogP contribution in [0, 0.1) is 6.92 Å². The Balaban J connectivity index is 2.01. The van der Waals surface area contributed by atoms with Crippen molar-refractivity contribution < 1.29 is 4.79 Å². The van der Waals surface area contributed by atoms with Crippen LogP contribution in [0.3, 0.4) is 0 Å². The number of unbranched alkanes of at least 4 members (excludes halogenated alkanes) is 1. The third-order valence-corrected chi connectivity index (χ3v) is 3.19. The molecule has 116 valence electrons. The van der Waals surface area contributed by atoms with E-state index in [0.717, 1.165) is 30.7 Å². The Labute approximate surface area is 129 Å². The molecule has 0 aromatic carbocycles. The molecule has 0 bridgehead atoms. The number of amides is 1. The molecule has 0 spiro atoms. The van der Waals surface area contributed by atoms with E-state index in [1.54, 1.807) is 6.07 Å². The maximum atomic E-state index is 12.0. The maximum absolute atomic E-state index is 12.0. The van der Waals surface area contributed by atoms with Crippen LogP contribution in [0.15, 0.2) is 35.4 Å². The summed E-state index contributed by atoms with van der Waals surface area (Å²) >= 11 is 0. The minimum atomic E-state index is -0.302. The standard InChI is InChI=1S/C16H20N4O2/c1-3-4-7-13-9-16(22)20(11-17-13)10-15(21)19-14-8-5-6-12(2)18-14/h5-6,8-9,11H,3-4,7,10H2,1-2H3,(H,18,19,21). The monoisotopic (exact) mass is 300 g/mol. The Bertz CT molecular complexity index is 709. The zero-order chi connectivity index (χ0) is 15.9. The van der Waals surface area contributed by atoms with Gasteiger partial charge in [0.25, 0.3) is 5.56 Å². The lowest BCUT2D eigenvalue weighted by Gasteiger charge is -2.07. The normalized spacial score (nSPS) is 10.5. The fraction of sp³-hybridized carbons (Fsp3) is 0.375. The summed E-state index contributed by atoms with van der Waals surface area (Å²) in [6, 6.07) is 6.86. The summed E-state index contributed by atoms with van der Waals surface area (Å²) in [6.45, 7) is 3.86. The van der Waals surface area contributed by atoms with Crippen LogP contribution in [0.25, 0.3) is 0 Å². The average molecular weight is 300 g/mol. The molecule has 6 heteroatoms. The molecule has 2 heterocycles. The number of carbonyl (C=O) groups excluding carboxylic acids is 1. The van der Waals surface area contributed by atoms with Gasteiger partial charge in [-0.25, -0.2) is 9.97 Å². The highest BCUT2D eigenvalue weighted by atomic mass is 16.2. The van der Waals surface area contributed by atoms with E-state index in [9.17, 15) is 9.59 Å². The number of anilines is 1. The molecule has 1 amide bonds. The second-order valence-corrected chi connectivity index (χ2v) is 5.16. The number of pyridine rings is 1. The molecule has 0 atom stereocenters. The van der Waals surface area contributed by atoms with Gasteiger partial charge in [0.1, 0.15) is 12.4 Å². The number of nitrogens with zero attached hydrogens (tertiary/aromatic N) is 3. The summed E-state index contributed by atoms with van der Waals surface area (Å²) in [5.74, 6) is 0.175. The second-order valence-electron chi connectivity index (χ2n) is 5.16. The van der Waals surface area contributed by atoms with Gasteiger partial charge in [-0.1, -0.05) is 19.4 Å². The Hall–Kier alpha value is -2.50. The molecule has 0 fully saturated rings. The van der Waals surface area contributed by atoms with Gasteiger partial charge < -0.3 is 5.32 Å². The van der Waals surface area contributed by atoms with E-state index in [2.05, 4.69) is 22.2 Å². The molecule has 22 heavy (non-hydrogen) atoms. The summed E-state index contributed by atoms with van der Waals surface area (Å²) in [4.78, 5) is 32.3. The smallest absolute Gasteiger partial charge is 0.253 e. The van der Waals surface area contributed by atoms with Gasteiger partial charge in [-0.3, -0.25) is 14.2 Å². The SMILES string of the molecule is CCCCc1cc(=O)n(CC(=O)Nc2cccc(C)n2)cn1. The van der Waals surface area contributed by atoms with Crippen LogP contribution >= 0.6 is 0 Å². The third kappa shape index (κ3) is 4.51. The lowest BCUT2D eigenvalue weighted by molar-refractivity contribution is -0.116. The lowest BCUT2D eigenvalue weighted by Crippen LogP contribution is -2.28. The lowest BCUT2D eigenvalue weighted by atomic mass is 10.2. The minimum absolute atomic E-state index is 0.0739. The largest absolute Gasteiger partial charge is 0.309 e. The number of nitrogens with one attached hydrogen (secondary N) is 1. The summed E-state index contributed by atoms with van der Waals surface area (Å²) in [7, 11) is 0. The van der Waals surface area contributed by atoms with E-state index in [-0.39, 0.29) is 18.0 Å². The van der Waals surface area contributed by atoms with E-state index < -0.39 is 0 Å². The summed E-state index contributed by atoms with van der Waals surface area (Å²) in [5, 5.41) is 2.67. The van der Waals surface area contributed by atoms with Crippen molar-refractivity contribution in [1.82, 2.24) is 14.5 Å². The molecule has 2 rings (SSSR count). The first-order valence-electron chi connectivity index (χ1n) is 7.37. The molecule has 0 unspecified atom stereocenters. The molecule has 1 N–H and O–H groups in total. The van der Waals surface area contributed by atoms with Gasteiger partial charge in [0.05, 0.1) is 6.33 Å². The zero-order valence-corrected chi connectivity index (χ0v) is 12.9. The van der Waals surface area contributed by atoms with Crippen molar-refractivity contribution in [3.8, 4) is 0 Å². The highest BCUT2D eigenvalue weighted by Gasteiger charge is 2.07. The Morgan fingerprint density at radius 1 is 1.36 bits per heavy atom. The van der Waals surface area contributed by atoms with Gasteiger partial charge in [0.15, 0.2) is 0 Å². The fourth-order valence-electron chi connectivity index (χ4n) is 2.03. The van der Waals surface area contributed by atoms with Gasteiger partial charge in [-0.2, -0.15) is 0 Å². The highest BCUT2D eigenvalue weighted by molar-refractivity contribution is 5.89. The predicted octanol–water partition coefficient (Wildman–Crippen LogP) is 1.93. The zero-order valence-electron chi connectivity index (χ0n) is 12.9.